The lowest BCUT2D eigenvalue weighted by molar-refractivity contribution is 0.188. The number of rotatable bonds is 9. The van der Waals surface area contributed by atoms with Crippen LogP contribution in [0.5, 0.6) is 5.75 Å². The van der Waals surface area contributed by atoms with Crippen molar-refractivity contribution in [1.29, 1.82) is 0 Å². The van der Waals surface area contributed by atoms with Crippen LogP contribution in [-0.4, -0.2) is 39.0 Å². The quantitative estimate of drug-likeness (QED) is 0.404. The monoisotopic (exact) mass is 434 g/mol. The Morgan fingerprint density at radius 3 is 2.38 bits per heavy atom. The molecule has 166 valence electrons. The normalized spacial score (nSPS) is 11.2. The first-order valence-electron chi connectivity index (χ1n) is 10.5. The van der Waals surface area contributed by atoms with Crippen LogP contribution in [-0.2, 0) is 24.4 Å². The number of benzene rings is 2. The Morgan fingerprint density at radius 2 is 1.66 bits per heavy atom. The molecule has 0 spiro atoms. The molecular weight excluding hydrogens is 408 g/mol. The number of aryl methyl sites for hydroxylation is 1. The van der Waals surface area contributed by atoms with Gasteiger partial charge in [0.25, 0.3) is 5.56 Å². The van der Waals surface area contributed by atoms with Gasteiger partial charge in [-0.05, 0) is 24.6 Å². The molecule has 32 heavy (non-hydrogen) atoms. The second-order valence-corrected chi connectivity index (χ2v) is 7.58. The molecule has 4 rings (SSSR count). The van der Waals surface area contributed by atoms with E-state index in [9.17, 15) is 9.59 Å². The lowest BCUT2D eigenvalue weighted by Crippen LogP contribution is -2.42. The van der Waals surface area contributed by atoms with Gasteiger partial charge in [0.1, 0.15) is 12.4 Å². The molecule has 2 aromatic carbocycles. The summed E-state index contributed by atoms with van der Waals surface area (Å²) in [5, 5.41) is 0. The van der Waals surface area contributed by atoms with Crippen molar-refractivity contribution in [3.05, 3.63) is 92.9 Å². The fourth-order valence-electron chi connectivity index (χ4n) is 3.59. The standard InChI is InChI=1S/C24H26N4O4/c1-18-8-10-20(11-9-18)32-15-13-27-23(29)21-22(25-17-26(21)12-14-31-2)28(24(27)30)16-19-6-4-3-5-7-19/h3-11,17H,12-16H2,1-2H3. The summed E-state index contributed by atoms with van der Waals surface area (Å²) in [5.41, 5.74) is 2.05. The van der Waals surface area contributed by atoms with Gasteiger partial charge in [-0.2, -0.15) is 0 Å². The van der Waals surface area contributed by atoms with E-state index in [1.807, 2.05) is 61.5 Å². The van der Waals surface area contributed by atoms with Gasteiger partial charge in [0.15, 0.2) is 11.2 Å². The smallest absolute Gasteiger partial charge is 0.333 e. The number of aromatic nitrogens is 4. The molecule has 2 heterocycles. The third kappa shape index (κ3) is 4.50. The zero-order chi connectivity index (χ0) is 22.5. The summed E-state index contributed by atoms with van der Waals surface area (Å²) in [7, 11) is 1.60. The molecule has 8 nitrogen and oxygen atoms in total. The molecule has 0 radical (unpaired) electrons. The average Bonchev–Trinajstić information content (AvgIpc) is 3.23. The van der Waals surface area contributed by atoms with Crippen LogP contribution in [0.15, 0.2) is 70.5 Å². The number of methoxy groups -OCH3 is 1. The summed E-state index contributed by atoms with van der Waals surface area (Å²) in [6.45, 7) is 3.54. The molecule has 0 N–H and O–H groups in total. The van der Waals surface area contributed by atoms with Gasteiger partial charge >= 0.3 is 5.69 Å². The molecule has 0 fully saturated rings. The van der Waals surface area contributed by atoms with Crippen LogP contribution in [0.25, 0.3) is 11.2 Å². The van der Waals surface area contributed by atoms with Gasteiger partial charge in [0.2, 0.25) is 0 Å². The zero-order valence-electron chi connectivity index (χ0n) is 18.2. The van der Waals surface area contributed by atoms with Crippen LogP contribution in [0.3, 0.4) is 0 Å². The third-order valence-corrected chi connectivity index (χ3v) is 5.31. The Bertz CT molecular complexity index is 1300. The molecule has 0 unspecified atom stereocenters. The van der Waals surface area contributed by atoms with Gasteiger partial charge in [-0.25, -0.2) is 9.78 Å². The maximum Gasteiger partial charge on any atom is 0.333 e. The molecule has 4 aromatic rings. The van der Waals surface area contributed by atoms with Crippen molar-refractivity contribution in [2.24, 2.45) is 0 Å². The average molecular weight is 434 g/mol. The minimum atomic E-state index is -0.407. The first kappa shape index (κ1) is 21.6. The maximum absolute atomic E-state index is 13.3. The van der Waals surface area contributed by atoms with E-state index in [0.717, 1.165) is 11.1 Å². The van der Waals surface area contributed by atoms with Crippen molar-refractivity contribution in [3.8, 4) is 5.75 Å². The Kier molecular flexibility index (Phi) is 6.51. The number of hydrogen-bond acceptors (Lipinski definition) is 5. The molecule has 0 aliphatic carbocycles. The van der Waals surface area contributed by atoms with Crippen LogP contribution in [0.4, 0.5) is 0 Å². The Labute approximate surface area is 185 Å². The molecule has 0 atom stereocenters. The van der Waals surface area contributed by atoms with Crippen molar-refractivity contribution in [3.63, 3.8) is 0 Å². The van der Waals surface area contributed by atoms with Crippen LogP contribution in [0.1, 0.15) is 11.1 Å². The highest BCUT2D eigenvalue weighted by atomic mass is 16.5. The van der Waals surface area contributed by atoms with E-state index < -0.39 is 5.69 Å². The molecule has 0 aliphatic heterocycles. The van der Waals surface area contributed by atoms with Crippen molar-refractivity contribution in [2.45, 2.75) is 26.6 Å². The first-order chi connectivity index (χ1) is 15.6. The highest BCUT2D eigenvalue weighted by Crippen LogP contribution is 2.12. The summed E-state index contributed by atoms with van der Waals surface area (Å²) in [6, 6.07) is 17.3. The molecule has 0 saturated carbocycles. The molecule has 0 saturated heterocycles. The summed E-state index contributed by atoms with van der Waals surface area (Å²) in [5.74, 6) is 0.694. The predicted molar refractivity (Wildman–Crippen MR) is 122 cm³/mol. The molecule has 2 aromatic heterocycles. The highest BCUT2D eigenvalue weighted by Gasteiger charge is 2.18. The Balaban J connectivity index is 1.72. The van der Waals surface area contributed by atoms with Crippen LogP contribution in [0.2, 0.25) is 0 Å². The van der Waals surface area contributed by atoms with E-state index in [2.05, 4.69) is 4.98 Å². The van der Waals surface area contributed by atoms with Gasteiger partial charge in [-0.15, -0.1) is 0 Å². The number of nitrogens with zero attached hydrogens (tertiary/aromatic N) is 4. The largest absolute Gasteiger partial charge is 0.492 e. The summed E-state index contributed by atoms with van der Waals surface area (Å²) < 4.78 is 15.4. The maximum atomic E-state index is 13.3. The van der Waals surface area contributed by atoms with E-state index in [0.29, 0.717) is 36.6 Å². The van der Waals surface area contributed by atoms with Gasteiger partial charge in [-0.3, -0.25) is 13.9 Å². The summed E-state index contributed by atoms with van der Waals surface area (Å²) >= 11 is 0. The van der Waals surface area contributed by atoms with Crippen molar-refractivity contribution >= 4 is 11.2 Å². The minimum absolute atomic E-state index is 0.131. The summed E-state index contributed by atoms with van der Waals surface area (Å²) in [4.78, 5) is 31.0. The number of ether oxygens (including phenoxy) is 2. The van der Waals surface area contributed by atoms with Crippen LogP contribution >= 0.6 is 0 Å². The summed E-state index contributed by atoms with van der Waals surface area (Å²) in [6.07, 6.45) is 1.58. The van der Waals surface area contributed by atoms with E-state index >= 15 is 0 Å². The second kappa shape index (κ2) is 9.65. The third-order valence-electron chi connectivity index (χ3n) is 5.31. The lowest BCUT2D eigenvalue weighted by Gasteiger charge is -2.13. The van der Waals surface area contributed by atoms with Crippen molar-refractivity contribution in [2.75, 3.05) is 20.3 Å². The molecule has 0 bridgehead atoms. The van der Waals surface area contributed by atoms with Crippen molar-refractivity contribution in [1.82, 2.24) is 18.7 Å². The number of imidazole rings is 1. The van der Waals surface area contributed by atoms with Gasteiger partial charge in [0.05, 0.1) is 26.0 Å². The SMILES string of the molecule is COCCn1cnc2c1c(=O)n(CCOc1ccc(C)cc1)c(=O)n2Cc1ccccc1. The lowest BCUT2D eigenvalue weighted by atomic mass is 10.2. The Hall–Kier alpha value is -3.65. The number of hydrogen-bond donors (Lipinski definition) is 0. The van der Waals surface area contributed by atoms with Crippen LogP contribution in [0, 0.1) is 6.92 Å². The van der Waals surface area contributed by atoms with E-state index in [4.69, 9.17) is 9.47 Å². The van der Waals surface area contributed by atoms with E-state index in [1.54, 1.807) is 22.6 Å². The van der Waals surface area contributed by atoms with Crippen LogP contribution < -0.4 is 16.0 Å². The van der Waals surface area contributed by atoms with Gasteiger partial charge < -0.3 is 14.0 Å². The molecule has 0 amide bonds. The van der Waals surface area contributed by atoms with E-state index in [-0.39, 0.29) is 18.7 Å². The fourth-order valence-corrected chi connectivity index (χ4v) is 3.59. The van der Waals surface area contributed by atoms with E-state index in [1.165, 1.54) is 4.57 Å². The first-order valence-corrected chi connectivity index (χ1v) is 10.5. The zero-order valence-corrected chi connectivity index (χ0v) is 18.2. The molecule has 8 heteroatoms. The topological polar surface area (TPSA) is 80.3 Å². The van der Waals surface area contributed by atoms with Crippen molar-refractivity contribution < 1.29 is 9.47 Å². The number of fused-ring (bicyclic) bond motifs is 1. The minimum Gasteiger partial charge on any atom is -0.492 e. The molecular formula is C24H26N4O4. The fraction of sp³-hybridized carbons (Fsp3) is 0.292. The van der Waals surface area contributed by atoms with Gasteiger partial charge in [-0.1, -0.05) is 48.0 Å². The second-order valence-electron chi connectivity index (χ2n) is 7.58. The highest BCUT2D eigenvalue weighted by molar-refractivity contribution is 5.70. The molecule has 0 aliphatic rings. The predicted octanol–water partition coefficient (Wildman–Crippen LogP) is 2.44. The Morgan fingerprint density at radius 1 is 0.906 bits per heavy atom. The van der Waals surface area contributed by atoms with Gasteiger partial charge in [0, 0.05) is 13.7 Å².